The van der Waals surface area contributed by atoms with E-state index in [1.807, 2.05) is 36.4 Å². The zero-order valence-corrected chi connectivity index (χ0v) is 17.0. The first-order chi connectivity index (χ1) is 14.1. The van der Waals surface area contributed by atoms with E-state index in [0.717, 1.165) is 16.2 Å². The summed E-state index contributed by atoms with van der Waals surface area (Å²) < 4.78 is 2.17. The van der Waals surface area contributed by atoms with E-state index in [4.69, 9.17) is 11.6 Å². The highest BCUT2D eigenvalue weighted by Gasteiger charge is 2.20. The van der Waals surface area contributed by atoms with Gasteiger partial charge in [0, 0.05) is 5.02 Å². The Morgan fingerprint density at radius 3 is 2.66 bits per heavy atom. The number of amides is 1. The average Bonchev–Trinajstić information content (AvgIpc) is 3.07. The molecule has 0 unspecified atom stereocenters. The van der Waals surface area contributed by atoms with Crippen molar-refractivity contribution in [3.8, 4) is 5.75 Å². The number of para-hydroxylation sites is 2. The van der Waals surface area contributed by atoms with E-state index in [-0.39, 0.29) is 17.4 Å². The van der Waals surface area contributed by atoms with Crippen LogP contribution in [0.2, 0.25) is 5.02 Å². The number of hydrogen-bond acceptors (Lipinski definition) is 3. The predicted molar refractivity (Wildman–Crippen MR) is 117 cm³/mol. The number of hydrogen-bond donors (Lipinski definition) is 3. The highest BCUT2D eigenvalue weighted by atomic mass is 35.5. The lowest BCUT2D eigenvalue weighted by Crippen LogP contribution is -2.35. The smallest absolute Gasteiger partial charge is 0.317 e. The molecule has 0 atom stereocenters. The van der Waals surface area contributed by atoms with Crippen molar-refractivity contribution >= 4 is 46.0 Å². The van der Waals surface area contributed by atoms with Gasteiger partial charge in [-0.15, -0.1) is 0 Å². The third kappa shape index (κ3) is 4.55. The molecule has 1 aromatic heterocycles. The molecule has 146 valence electrons. The minimum atomic E-state index is -0.225. The van der Waals surface area contributed by atoms with Crippen LogP contribution in [0.1, 0.15) is 5.56 Å². The van der Waals surface area contributed by atoms with E-state index in [1.165, 1.54) is 29.5 Å². The molecule has 0 fully saturated rings. The standard InChI is InChI=1S/C22H18ClN3O2S/c23-16-10-11-20(27)18(12-16)24-21(28)14-29-22-25-17-8-4-5-9-19(17)26(22)13-15-6-2-1-3-7-15/h1-12H,13-14H2,(H2,24,27,28)/p+1. The number of thioether (sulfide) groups is 1. The second kappa shape index (κ2) is 8.59. The highest BCUT2D eigenvalue weighted by molar-refractivity contribution is 7.99. The number of fused-ring (bicyclic) bond motifs is 1. The van der Waals surface area contributed by atoms with Gasteiger partial charge >= 0.3 is 5.16 Å². The van der Waals surface area contributed by atoms with Crippen molar-refractivity contribution in [3.05, 3.63) is 83.4 Å². The molecule has 0 radical (unpaired) electrons. The van der Waals surface area contributed by atoms with Gasteiger partial charge in [-0.2, -0.15) is 0 Å². The number of carbonyl (C=O) groups is 1. The van der Waals surface area contributed by atoms with Gasteiger partial charge in [-0.1, -0.05) is 54.1 Å². The Kier molecular flexibility index (Phi) is 5.74. The molecule has 0 saturated carbocycles. The van der Waals surface area contributed by atoms with Gasteiger partial charge in [-0.3, -0.25) is 4.79 Å². The minimum absolute atomic E-state index is 0.0162. The van der Waals surface area contributed by atoms with Crippen molar-refractivity contribution in [1.29, 1.82) is 0 Å². The zero-order chi connectivity index (χ0) is 20.2. The molecular formula is C22H19ClN3O2S+. The molecule has 3 aromatic carbocycles. The van der Waals surface area contributed by atoms with Crippen molar-refractivity contribution in [3.63, 3.8) is 0 Å². The van der Waals surface area contributed by atoms with Crippen LogP contribution in [0.3, 0.4) is 0 Å². The van der Waals surface area contributed by atoms with Crippen LogP contribution in [-0.2, 0) is 11.3 Å². The van der Waals surface area contributed by atoms with Crippen LogP contribution in [0.5, 0.6) is 5.75 Å². The maximum atomic E-state index is 12.4. The number of imidazole rings is 1. The number of benzene rings is 3. The summed E-state index contributed by atoms with van der Waals surface area (Å²) in [5, 5.41) is 13.9. The zero-order valence-electron chi connectivity index (χ0n) is 15.4. The van der Waals surface area contributed by atoms with Crippen molar-refractivity contribution in [2.45, 2.75) is 11.7 Å². The van der Waals surface area contributed by atoms with Crippen molar-refractivity contribution in [2.24, 2.45) is 0 Å². The topological polar surface area (TPSA) is 69.0 Å². The average molecular weight is 425 g/mol. The summed E-state index contributed by atoms with van der Waals surface area (Å²) in [7, 11) is 0. The molecule has 5 nitrogen and oxygen atoms in total. The van der Waals surface area contributed by atoms with Gasteiger partial charge in [0.2, 0.25) is 5.91 Å². The van der Waals surface area contributed by atoms with Crippen LogP contribution < -0.4 is 9.88 Å². The molecule has 1 amide bonds. The first-order valence-electron chi connectivity index (χ1n) is 9.06. The fourth-order valence-electron chi connectivity index (χ4n) is 3.07. The Hall–Kier alpha value is -2.96. The molecule has 7 heteroatoms. The molecular weight excluding hydrogens is 406 g/mol. The maximum Gasteiger partial charge on any atom is 0.317 e. The Morgan fingerprint density at radius 2 is 1.83 bits per heavy atom. The van der Waals surface area contributed by atoms with Gasteiger partial charge in [0.25, 0.3) is 0 Å². The fourth-order valence-corrected chi connectivity index (χ4v) is 4.09. The Morgan fingerprint density at radius 1 is 1.07 bits per heavy atom. The number of carbonyl (C=O) groups excluding carboxylic acids is 1. The molecule has 4 aromatic rings. The number of rotatable bonds is 6. The summed E-state index contributed by atoms with van der Waals surface area (Å²) >= 11 is 7.35. The molecule has 0 aliphatic rings. The number of aromatic amines is 1. The molecule has 0 saturated heterocycles. The second-order valence-corrected chi connectivity index (χ2v) is 7.92. The first kappa shape index (κ1) is 19.4. The van der Waals surface area contributed by atoms with E-state index in [9.17, 15) is 9.90 Å². The quantitative estimate of drug-likeness (QED) is 0.241. The van der Waals surface area contributed by atoms with Crippen LogP contribution in [0.4, 0.5) is 5.69 Å². The lowest BCUT2D eigenvalue weighted by atomic mass is 10.2. The molecule has 0 aliphatic carbocycles. The van der Waals surface area contributed by atoms with E-state index < -0.39 is 0 Å². The fraction of sp³-hybridized carbons (Fsp3) is 0.0909. The molecule has 29 heavy (non-hydrogen) atoms. The third-order valence-electron chi connectivity index (χ3n) is 4.44. The summed E-state index contributed by atoms with van der Waals surface area (Å²) in [5.41, 5.74) is 3.57. The Labute approximate surface area is 177 Å². The first-order valence-corrected chi connectivity index (χ1v) is 10.4. The van der Waals surface area contributed by atoms with Crippen LogP contribution in [0.15, 0.2) is 78.0 Å². The van der Waals surface area contributed by atoms with E-state index in [2.05, 4.69) is 33.1 Å². The van der Waals surface area contributed by atoms with Crippen molar-refractivity contribution in [2.75, 3.05) is 11.1 Å². The summed E-state index contributed by atoms with van der Waals surface area (Å²) in [6, 6.07) is 22.8. The van der Waals surface area contributed by atoms with Gasteiger partial charge < -0.3 is 10.4 Å². The third-order valence-corrected chi connectivity index (χ3v) is 5.68. The van der Waals surface area contributed by atoms with E-state index in [0.29, 0.717) is 17.3 Å². The van der Waals surface area contributed by atoms with Gasteiger partial charge in [0.1, 0.15) is 12.3 Å². The molecule has 1 heterocycles. The summed E-state index contributed by atoms with van der Waals surface area (Å²) in [4.78, 5) is 15.8. The number of phenols is 1. The van der Waals surface area contributed by atoms with Crippen LogP contribution in [0, 0.1) is 0 Å². The van der Waals surface area contributed by atoms with Gasteiger partial charge in [-0.05, 0) is 47.7 Å². The number of H-pyrrole nitrogens is 1. The van der Waals surface area contributed by atoms with Crippen LogP contribution in [-0.4, -0.2) is 21.8 Å². The highest BCUT2D eigenvalue weighted by Crippen LogP contribution is 2.27. The number of halogens is 1. The summed E-state index contributed by atoms with van der Waals surface area (Å²) in [6.07, 6.45) is 0. The van der Waals surface area contributed by atoms with Crippen LogP contribution in [0.25, 0.3) is 11.0 Å². The van der Waals surface area contributed by atoms with Crippen molar-refractivity contribution < 1.29 is 14.5 Å². The maximum absolute atomic E-state index is 12.4. The number of nitrogens with zero attached hydrogens (tertiary/aromatic N) is 1. The SMILES string of the molecule is O=C(CSc1[nH]c2ccccc2[n+]1Cc1ccccc1)Nc1cc(Cl)ccc1O. The lowest BCUT2D eigenvalue weighted by molar-refractivity contribution is -0.700. The van der Waals surface area contributed by atoms with Gasteiger partial charge in [0.15, 0.2) is 11.0 Å². The number of aromatic hydroxyl groups is 1. The molecule has 0 spiro atoms. The Balaban J connectivity index is 1.53. The minimum Gasteiger partial charge on any atom is -0.506 e. The second-order valence-electron chi connectivity index (χ2n) is 6.52. The lowest BCUT2D eigenvalue weighted by Gasteiger charge is -2.07. The van der Waals surface area contributed by atoms with Gasteiger partial charge in [-0.25, -0.2) is 9.55 Å². The van der Waals surface area contributed by atoms with Crippen molar-refractivity contribution in [1.82, 2.24) is 4.98 Å². The summed E-state index contributed by atoms with van der Waals surface area (Å²) in [5.74, 6) is -0.0527. The normalized spacial score (nSPS) is 10.9. The molecule has 0 bridgehead atoms. The van der Waals surface area contributed by atoms with E-state index >= 15 is 0 Å². The molecule has 0 aliphatic heterocycles. The number of phenolic OH excluding ortho intramolecular Hbond substituents is 1. The van der Waals surface area contributed by atoms with Gasteiger partial charge in [0.05, 0.1) is 11.4 Å². The Bertz CT molecular complexity index is 1160. The predicted octanol–water partition coefficient (Wildman–Crippen LogP) is 4.59. The largest absolute Gasteiger partial charge is 0.506 e. The number of aromatic nitrogens is 2. The number of anilines is 1. The summed E-state index contributed by atoms with van der Waals surface area (Å²) in [6.45, 7) is 0.698. The monoisotopic (exact) mass is 424 g/mol. The molecule has 4 rings (SSSR count). The van der Waals surface area contributed by atoms with E-state index in [1.54, 1.807) is 6.07 Å². The van der Waals surface area contributed by atoms with Crippen LogP contribution >= 0.6 is 23.4 Å². The number of nitrogens with one attached hydrogen (secondary N) is 2. The molecule has 3 N–H and O–H groups in total.